The van der Waals surface area contributed by atoms with Gasteiger partial charge >= 0.3 is 0 Å². The van der Waals surface area contributed by atoms with E-state index in [-0.39, 0.29) is 6.04 Å². The van der Waals surface area contributed by atoms with E-state index in [0.29, 0.717) is 12.1 Å². The number of nitrogen functional groups attached to an aromatic ring is 1. The number of nitrogens with zero attached hydrogens (tertiary/aromatic N) is 2. The molecule has 0 bridgehead atoms. The Hall–Kier alpha value is -2.62. The zero-order valence-electron chi connectivity index (χ0n) is 10.9. The third-order valence-corrected chi connectivity index (χ3v) is 3.44. The van der Waals surface area contributed by atoms with E-state index >= 15 is 0 Å². The van der Waals surface area contributed by atoms with Crippen LogP contribution in [0.3, 0.4) is 0 Å². The second-order valence-electron chi connectivity index (χ2n) is 4.73. The number of imidazole rings is 1. The summed E-state index contributed by atoms with van der Waals surface area (Å²) in [7, 11) is 0. The lowest BCUT2D eigenvalue weighted by Gasteiger charge is -2.17. The highest BCUT2D eigenvalue weighted by Gasteiger charge is 2.15. The lowest BCUT2D eigenvalue weighted by Crippen LogP contribution is -2.10. The second-order valence-corrected chi connectivity index (χ2v) is 4.73. The van der Waals surface area contributed by atoms with Crippen LogP contribution in [0.4, 0.5) is 5.69 Å². The molecule has 3 aromatic rings. The summed E-state index contributed by atoms with van der Waals surface area (Å²) in [6.07, 6.45) is 3.13. The molecule has 100 valence electrons. The molecule has 3 rings (SSSR count). The molecule has 1 aromatic heterocycles. The van der Waals surface area contributed by atoms with Crippen LogP contribution in [0.2, 0.25) is 0 Å². The molecule has 4 nitrogen and oxygen atoms in total. The van der Waals surface area contributed by atoms with E-state index in [0.717, 1.165) is 22.9 Å². The Morgan fingerprint density at radius 1 is 1.20 bits per heavy atom. The molecule has 0 radical (unpaired) electrons. The quantitative estimate of drug-likeness (QED) is 0.583. The predicted octanol–water partition coefficient (Wildman–Crippen LogP) is 2.80. The Morgan fingerprint density at radius 3 is 2.75 bits per heavy atom. The van der Waals surface area contributed by atoms with E-state index < -0.39 is 0 Å². The van der Waals surface area contributed by atoms with E-state index in [1.807, 2.05) is 53.1 Å². The lowest BCUT2D eigenvalue weighted by atomic mass is 10.0. The molecule has 0 spiro atoms. The first-order valence-corrected chi connectivity index (χ1v) is 6.50. The minimum Gasteiger partial charge on any atom is -0.399 e. The number of hydrogen-bond acceptors (Lipinski definition) is 3. The molecule has 2 N–H and O–H groups in total. The molecule has 0 aliphatic heterocycles. The lowest BCUT2D eigenvalue weighted by molar-refractivity contribution is -0.108. The van der Waals surface area contributed by atoms with E-state index in [9.17, 15) is 4.79 Å². The van der Waals surface area contributed by atoms with Gasteiger partial charge in [-0.3, -0.25) is 0 Å². The summed E-state index contributed by atoms with van der Waals surface area (Å²) in [6, 6.07) is 15.6. The minimum absolute atomic E-state index is 0.0395. The largest absolute Gasteiger partial charge is 0.399 e. The van der Waals surface area contributed by atoms with Crippen LogP contribution in [-0.2, 0) is 4.79 Å². The van der Waals surface area contributed by atoms with Crippen molar-refractivity contribution in [1.29, 1.82) is 0 Å². The highest BCUT2D eigenvalue weighted by Crippen LogP contribution is 2.26. The summed E-state index contributed by atoms with van der Waals surface area (Å²) < 4.78 is 2.03. The molecule has 2 aromatic carbocycles. The van der Waals surface area contributed by atoms with Gasteiger partial charge in [0.25, 0.3) is 0 Å². The summed E-state index contributed by atoms with van der Waals surface area (Å²) in [5, 5.41) is 0. The summed E-state index contributed by atoms with van der Waals surface area (Å²) >= 11 is 0. The molecule has 1 atom stereocenters. The molecule has 0 saturated heterocycles. The standard InChI is InChI=1S/C16H15N3O/c17-13-6-7-16-14(10-13)18-11-19(16)15(8-9-20)12-4-2-1-3-5-12/h1-7,9-11,15H,8,17H2/t15-/m1/s1. The topological polar surface area (TPSA) is 60.9 Å². The number of fused-ring (bicyclic) bond motifs is 1. The van der Waals surface area contributed by atoms with Crippen molar-refractivity contribution in [2.45, 2.75) is 12.5 Å². The van der Waals surface area contributed by atoms with Crippen molar-refractivity contribution < 1.29 is 4.79 Å². The highest BCUT2D eigenvalue weighted by atomic mass is 16.1. The van der Waals surface area contributed by atoms with Crippen molar-refractivity contribution in [2.24, 2.45) is 0 Å². The van der Waals surface area contributed by atoms with E-state index in [1.54, 1.807) is 6.33 Å². The zero-order valence-corrected chi connectivity index (χ0v) is 10.9. The van der Waals surface area contributed by atoms with Gasteiger partial charge < -0.3 is 15.1 Å². The maximum absolute atomic E-state index is 11.0. The summed E-state index contributed by atoms with van der Waals surface area (Å²) in [5.74, 6) is 0. The Kier molecular flexibility index (Phi) is 3.21. The normalized spacial score (nSPS) is 12.4. The van der Waals surface area contributed by atoms with Crippen molar-refractivity contribution >= 4 is 23.0 Å². The SMILES string of the molecule is Nc1ccc2c(c1)ncn2[C@H](CC=O)c1ccccc1. The Labute approximate surface area is 116 Å². The smallest absolute Gasteiger partial charge is 0.122 e. The van der Waals surface area contributed by atoms with Crippen LogP contribution >= 0.6 is 0 Å². The van der Waals surface area contributed by atoms with Crippen LogP contribution in [0, 0.1) is 0 Å². The second kappa shape index (κ2) is 5.17. The maximum Gasteiger partial charge on any atom is 0.122 e. The third kappa shape index (κ3) is 2.16. The number of anilines is 1. The van der Waals surface area contributed by atoms with Gasteiger partial charge in [0.15, 0.2) is 0 Å². The van der Waals surface area contributed by atoms with E-state index in [4.69, 9.17) is 5.73 Å². The molecule has 0 unspecified atom stereocenters. The minimum atomic E-state index is -0.0395. The third-order valence-electron chi connectivity index (χ3n) is 3.44. The van der Waals surface area contributed by atoms with Gasteiger partial charge in [0.2, 0.25) is 0 Å². The summed E-state index contributed by atoms with van der Waals surface area (Å²) in [6.45, 7) is 0. The molecule has 0 aliphatic carbocycles. The predicted molar refractivity (Wildman–Crippen MR) is 79.4 cm³/mol. The van der Waals surface area contributed by atoms with Crippen LogP contribution in [0.25, 0.3) is 11.0 Å². The summed E-state index contributed by atoms with van der Waals surface area (Å²) in [4.78, 5) is 15.4. The highest BCUT2D eigenvalue weighted by molar-refractivity contribution is 5.79. The van der Waals surface area contributed by atoms with Crippen LogP contribution in [-0.4, -0.2) is 15.8 Å². The van der Waals surface area contributed by atoms with Gasteiger partial charge in [-0.15, -0.1) is 0 Å². The van der Waals surface area contributed by atoms with Gasteiger partial charge in [0, 0.05) is 12.1 Å². The average molecular weight is 265 g/mol. The molecule has 0 amide bonds. The fourth-order valence-electron chi connectivity index (χ4n) is 2.47. The Bertz CT molecular complexity index is 734. The van der Waals surface area contributed by atoms with Crippen LogP contribution < -0.4 is 5.73 Å². The van der Waals surface area contributed by atoms with Crippen LogP contribution in [0.5, 0.6) is 0 Å². The molecular weight excluding hydrogens is 250 g/mol. The molecular formula is C16H15N3O. The van der Waals surface area contributed by atoms with Gasteiger partial charge in [-0.2, -0.15) is 0 Å². The number of benzene rings is 2. The monoisotopic (exact) mass is 265 g/mol. The first kappa shape index (κ1) is 12.4. The van der Waals surface area contributed by atoms with Crippen molar-refractivity contribution in [3.63, 3.8) is 0 Å². The molecule has 1 heterocycles. The maximum atomic E-state index is 11.0. The fourth-order valence-corrected chi connectivity index (χ4v) is 2.47. The number of rotatable bonds is 4. The number of carbonyl (C=O) groups is 1. The van der Waals surface area contributed by atoms with E-state index in [2.05, 4.69) is 4.98 Å². The summed E-state index contributed by atoms with van der Waals surface area (Å²) in [5.41, 5.74) is 9.38. The number of nitrogens with two attached hydrogens (primary N) is 1. The number of aromatic nitrogens is 2. The molecule has 0 saturated carbocycles. The zero-order chi connectivity index (χ0) is 13.9. The van der Waals surface area contributed by atoms with Crippen LogP contribution in [0.1, 0.15) is 18.0 Å². The molecule has 0 aliphatic rings. The molecule has 0 fully saturated rings. The molecule has 4 heteroatoms. The van der Waals surface area contributed by atoms with Crippen molar-refractivity contribution in [2.75, 3.05) is 5.73 Å². The Balaban J connectivity index is 2.12. The molecule has 20 heavy (non-hydrogen) atoms. The average Bonchev–Trinajstić information content (AvgIpc) is 2.88. The van der Waals surface area contributed by atoms with Gasteiger partial charge in [-0.05, 0) is 23.8 Å². The van der Waals surface area contributed by atoms with Crippen molar-refractivity contribution in [1.82, 2.24) is 9.55 Å². The van der Waals surface area contributed by atoms with Gasteiger partial charge in [-0.25, -0.2) is 4.98 Å². The van der Waals surface area contributed by atoms with Crippen molar-refractivity contribution in [3.8, 4) is 0 Å². The van der Waals surface area contributed by atoms with Gasteiger partial charge in [-0.1, -0.05) is 30.3 Å². The van der Waals surface area contributed by atoms with E-state index in [1.165, 1.54) is 0 Å². The number of aldehydes is 1. The van der Waals surface area contributed by atoms with Crippen molar-refractivity contribution in [3.05, 3.63) is 60.4 Å². The Morgan fingerprint density at radius 2 is 2.00 bits per heavy atom. The first-order valence-electron chi connectivity index (χ1n) is 6.50. The van der Waals surface area contributed by atoms with Gasteiger partial charge in [0.05, 0.1) is 23.4 Å². The number of hydrogen-bond donors (Lipinski definition) is 1. The number of carbonyl (C=O) groups excluding carboxylic acids is 1. The fraction of sp³-hybridized carbons (Fsp3) is 0.125. The van der Waals surface area contributed by atoms with Crippen LogP contribution in [0.15, 0.2) is 54.9 Å². The van der Waals surface area contributed by atoms with Gasteiger partial charge in [0.1, 0.15) is 6.29 Å². The first-order chi connectivity index (χ1) is 9.79.